The zero-order chi connectivity index (χ0) is 13.8. The van der Waals surface area contributed by atoms with Crippen LogP contribution in [0, 0.1) is 10.1 Å². The first kappa shape index (κ1) is 13.2. The number of hydrogen-bond acceptors (Lipinski definition) is 3. The van der Waals surface area contributed by atoms with Gasteiger partial charge in [0.05, 0.1) is 4.92 Å². The molecule has 0 aliphatic carbocycles. The molecule has 96 valence electrons. The number of anilines is 1. The zero-order valence-electron chi connectivity index (χ0n) is 9.67. The lowest BCUT2D eigenvalue weighted by Crippen LogP contribution is -2.12. The van der Waals surface area contributed by atoms with Gasteiger partial charge in [-0.05, 0) is 30.3 Å². The number of amides is 1. The van der Waals surface area contributed by atoms with Crippen molar-refractivity contribution in [3.8, 4) is 0 Å². The maximum absolute atomic E-state index is 12.0. The van der Waals surface area contributed by atoms with E-state index in [-0.39, 0.29) is 17.3 Å². The average molecular weight is 321 g/mol. The highest BCUT2D eigenvalue weighted by atomic mass is 79.9. The first-order valence-electron chi connectivity index (χ1n) is 5.38. The minimum atomic E-state index is -0.531. The van der Waals surface area contributed by atoms with Gasteiger partial charge in [-0.3, -0.25) is 14.9 Å². The zero-order valence-corrected chi connectivity index (χ0v) is 11.3. The number of benzene rings is 2. The summed E-state index contributed by atoms with van der Waals surface area (Å²) in [6.45, 7) is 0. The van der Waals surface area contributed by atoms with Crippen molar-refractivity contribution >= 4 is 33.2 Å². The SMILES string of the molecule is O=C(Nc1ccccc1[N+](=O)[O-])c1ccc(Br)cc1. The molecule has 5 nitrogen and oxygen atoms in total. The third-order valence-electron chi connectivity index (χ3n) is 2.46. The fourth-order valence-corrected chi connectivity index (χ4v) is 1.80. The molecule has 0 bridgehead atoms. The number of nitro benzene ring substituents is 1. The van der Waals surface area contributed by atoms with E-state index in [9.17, 15) is 14.9 Å². The van der Waals surface area contributed by atoms with Crippen LogP contribution in [0.4, 0.5) is 11.4 Å². The number of carbonyl (C=O) groups excluding carboxylic acids is 1. The first-order valence-corrected chi connectivity index (χ1v) is 6.17. The van der Waals surface area contributed by atoms with Crippen molar-refractivity contribution in [1.29, 1.82) is 0 Å². The highest BCUT2D eigenvalue weighted by Gasteiger charge is 2.15. The molecule has 1 amide bonds. The molecule has 0 heterocycles. The Bertz CT molecular complexity index is 626. The molecule has 0 radical (unpaired) electrons. The van der Waals surface area contributed by atoms with Gasteiger partial charge in [0.2, 0.25) is 0 Å². The van der Waals surface area contributed by atoms with Crippen LogP contribution in [0.25, 0.3) is 0 Å². The van der Waals surface area contributed by atoms with E-state index in [1.165, 1.54) is 12.1 Å². The Morgan fingerprint density at radius 3 is 2.37 bits per heavy atom. The smallest absolute Gasteiger partial charge is 0.292 e. The molecule has 0 saturated heterocycles. The molecule has 0 aliphatic rings. The second-order valence-electron chi connectivity index (χ2n) is 3.74. The molecule has 2 rings (SSSR count). The molecule has 0 aliphatic heterocycles. The van der Waals surface area contributed by atoms with Crippen LogP contribution >= 0.6 is 15.9 Å². The average Bonchev–Trinajstić information content (AvgIpc) is 2.39. The van der Waals surface area contributed by atoms with Crippen molar-refractivity contribution in [2.24, 2.45) is 0 Å². The fraction of sp³-hybridized carbons (Fsp3) is 0. The minimum Gasteiger partial charge on any atom is -0.316 e. The number of hydrogen-bond donors (Lipinski definition) is 1. The van der Waals surface area contributed by atoms with Crippen LogP contribution in [0.15, 0.2) is 53.0 Å². The van der Waals surface area contributed by atoms with Gasteiger partial charge in [0.1, 0.15) is 5.69 Å². The largest absolute Gasteiger partial charge is 0.316 e. The van der Waals surface area contributed by atoms with Crippen LogP contribution in [0.3, 0.4) is 0 Å². The lowest BCUT2D eigenvalue weighted by molar-refractivity contribution is -0.383. The standard InChI is InChI=1S/C13H9BrN2O3/c14-10-7-5-9(6-8-10)13(17)15-11-3-1-2-4-12(11)16(18)19/h1-8H,(H,15,17). The number of para-hydroxylation sites is 2. The van der Waals surface area contributed by atoms with Gasteiger partial charge < -0.3 is 5.32 Å². The summed E-state index contributed by atoms with van der Waals surface area (Å²) in [6.07, 6.45) is 0. The molecule has 2 aromatic rings. The Kier molecular flexibility index (Phi) is 3.91. The van der Waals surface area contributed by atoms with Crippen LogP contribution in [0.5, 0.6) is 0 Å². The van der Waals surface area contributed by atoms with Crippen LogP contribution in [0.2, 0.25) is 0 Å². The Labute approximate surface area is 117 Å². The Morgan fingerprint density at radius 1 is 1.11 bits per heavy atom. The van der Waals surface area contributed by atoms with E-state index in [1.807, 2.05) is 0 Å². The third kappa shape index (κ3) is 3.17. The molecule has 0 spiro atoms. The fourth-order valence-electron chi connectivity index (χ4n) is 1.53. The first-order chi connectivity index (χ1) is 9.08. The summed E-state index contributed by atoms with van der Waals surface area (Å²) >= 11 is 3.27. The van der Waals surface area contributed by atoms with E-state index in [4.69, 9.17) is 0 Å². The lowest BCUT2D eigenvalue weighted by atomic mass is 10.2. The number of nitrogens with zero attached hydrogens (tertiary/aromatic N) is 1. The summed E-state index contributed by atoms with van der Waals surface area (Å²) in [6, 6.07) is 12.7. The van der Waals surface area contributed by atoms with Crippen molar-refractivity contribution in [2.75, 3.05) is 5.32 Å². The molecule has 6 heteroatoms. The number of nitrogens with one attached hydrogen (secondary N) is 1. The minimum absolute atomic E-state index is 0.132. The van der Waals surface area contributed by atoms with Crippen LogP contribution in [0.1, 0.15) is 10.4 Å². The van der Waals surface area contributed by atoms with Crippen molar-refractivity contribution < 1.29 is 9.72 Å². The molecule has 2 aromatic carbocycles. The van der Waals surface area contributed by atoms with E-state index in [0.717, 1.165) is 4.47 Å². The van der Waals surface area contributed by atoms with E-state index < -0.39 is 4.92 Å². The third-order valence-corrected chi connectivity index (χ3v) is 2.98. The van der Waals surface area contributed by atoms with Gasteiger partial charge >= 0.3 is 0 Å². The number of rotatable bonds is 3. The van der Waals surface area contributed by atoms with Crippen molar-refractivity contribution in [1.82, 2.24) is 0 Å². The Hall–Kier alpha value is -2.21. The van der Waals surface area contributed by atoms with Gasteiger partial charge in [0.25, 0.3) is 11.6 Å². The normalized spacial score (nSPS) is 9.95. The predicted octanol–water partition coefficient (Wildman–Crippen LogP) is 3.61. The lowest BCUT2D eigenvalue weighted by Gasteiger charge is -2.05. The summed E-state index contributed by atoms with van der Waals surface area (Å²) < 4.78 is 0.856. The summed E-state index contributed by atoms with van der Waals surface area (Å²) in [4.78, 5) is 22.3. The molecule has 19 heavy (non-hydrogen) atoms. The van der Waals surface area contributed by atoms with Crippen LogP contribution in [-0.2, 0) is 0 Å². The van der Waals surface area contributed by atoms with E-state index in [1.54, 1.807) is 36.4 Å². The number of halogens is 1. The van der Waals surface area contributed by atoms with E-state index >= 15 is 0 Å². The van der Waals surface area contributed by atoms with Gasteiger partial charge in [-0.25, -0.2) is 0 Å². The molecule has 0 unspecified atom stereocenters. The molecule has 0 fully saturated rings. The van der Waals surface area contributed by atoms with E-state index in [2.05, 4.69) is 21.2 Å². The summed E-state index contributed by atoms with van der Waals surface area (Å²) in [5.41, 5.74) is 0.481. The highest BCUT2D eigenvalue weighted by Crippen LogP contribution is 2.23. The van der Waals surface area contributed by atoms with Crippen molar-refractivity contribution in [3.63, 3.8) is 0 Å². The number of carbonyl (C=O) groups is 1. The maximum atomic E-state index is 12.0. The second-order valence-corrected chi connectivity index (χ2v) is 4.65. The van der Waals surface area contributed by atoms with Gasteiger partial charge in [-0.1, -0.05) is 28.1 Å². The molecule has 0 aromatic heterocycles. The Balaban J connectivity index is 2.24. The van der Waals surface area contributed by atoms with Crippen molar-refractivity contribution in [3.05, 3.63) is 68.7 Å². The topological polar surface area (TPSA) is 72.2 Å². The van der Waals surface area contributed by atoms with Crippen LogP contribution < -0.4 is 5.32 Å². The number of nitro groups is 1. The van der Waals surface area contributed by atoms with Gasteiger partial charge in [0, 0.05) is 16.1 Å². The monoisotopic (exact) mass is 320 g/mol. The molecular weight excluding hydrogens is 312 g/mol. The molecular formula is C13H9BrN2O3. The summed E-state index contributed by atoms with van der Waals surface area (Å²) in [5.74, 6) is -0.387. The summed E-state index contributed by atoms with van der Waals surface area (Å²) in [7, 11) is 0. The highest BCUT2D eigenvalue weighted by molar-refractivity contribution is 9.10. The summed E-state index contributed by atoms with van der Waals surface area (Å²) in [5, 5.41) is 13.4. The van der Waals surface area contributed by atoms with Crippen LogP contribution in [-0.4, -0.2) is 10.8 Å². The quantitative estimate of drug-likeness (QED) is 0.693. The predicted molar refractivity (Wildman–Crippen MR) is 75.2 cm³/mol. The van der Waals surface area contributed by atoms with E-state index in [0.29, 0.717) is 5.56 Å². The molecule has 1 N–H and O–H groups in total. The van der Waals surface area contributed by atoms with Crippen molar-refractivity contribution in [2.45, 2.75) is 0 Å². The van der Waals surface area contributed by atoms with Gasteiger partial charge in [0.15, 0.2) is 0 Å². The molecule has 0 saturated carbocycles. The van der Waals surface area contributed by atoms with Gasteiger partial charge in [-0.2, -0.15) is 0 Å². The second kappa shape index (κ2) is 5.62. The Morgan fingerprint density at radius 2 is 1.74 bits per heavy atom. The maximum Gasteiger partial charge on any atom is 0.292 e. The molecule has 0 atom stereocenters. The van der Waals surface area contributed by atoms with Gasteiger partial charge in [-0.15, -0.1) is 0 Å².